The number of aromatic hydroxyl groups is 2. The molecular formula is C7H6ClFO4S. The Hall–Kier alpha value is -1.01. The van der Waals surface area contributed by atoms with Gasteiger partial charge < -0.3 is 10.2 Å². The van der Waals surface area contributed by atoms with Gasteiger partial charge in [0.25, 0.3) is 0 Å². The van der Waals surface area contributed by atoms with Crippen molar-refractivity contribution in [2.45, 2.75) is 5.75 Å². The third-order valence-electron chi connectivity index (χ3n) is 1.51. The van der Waals surface area contributed by atoms with Crippen LogP contribution in [0.5, 0.6) is 11.5 Å². The molecule has 0 amide bonds. The van der Waals surface area contributed by atoms with E-state index in [-0.39, 0.29) is 0 Å². The summed E-state index contributed by atoms with van der Waals surface area (Å²) in [7, 11) is 0.899. The highest BCUT2D eigenvalue weighted by Gasteiger charge is 2.18. The molecule has 0 aliphatic rings. The first-order valence-corrected chi connectivity index (χ1v) is 5.91. The Kier molecular flexibility index (Phi) is 2.86. The van der Waals surface area contributed by atoms with Crippen molar-refractivity contribution in [1.29, 1.82) is 0 Å². The molecule has 0 aliphatic heterocycles. The fourth-order valence-corrected chi connectivity index (χ4v) is 1.86. The second-order valence-electron chi connectivity index (χ2n) is 2.58. The lowest BCUT2D eigenvalue weighted by atomic mass is 10.2. The van der Waals surface area contributed by atoms with Crippen LogP contribution in [0.15, 0.2) is 12.1 Å². The van der Waals surface area contributed by atoms with Crippen LogP contribution in [0.1, 0.15) is 5.56 Å². The van der Waals surface area contributed by atoms with Gasteiger partial charge in [0, 0.05) is 16.2 Å². The van der Waals surface area contributed by atoms with Gasteiger partial charge in [0.15, 0.2) is 11.6 Å². The summed E-state index contributed by atoms with van der Waals surface area (Å²) in [6.45, 7) is 0. The summed E-state index contributed by atoms with van der Waals surface area (Å²) in [5.74, 6) is -3.36. The predicted octanol–water partition coefficient (Wildman–Crippen LogP) is 1.31. The summed E-state index contributed by atoms with van der Waals surface area (Å²) >= 11 is 0. The molecule has 0 unspecified atom stereocenters. The minimum absolute atomic E-state index is 0.542. The van der Waals surface area contributed by atoms with Crippen molar-refractivity contribution in [2.24, 2.45) is 0 Å². The molecule has 1 rings (SSSR count). The van der Waals surface area contributed by atoms with E-state index in [1.807, 2.05) is 0 Å². The summed E-state index contributed by atoms with van der Waals surface area (Å²) in [6.07, 6.45) is 0. The molecule has 0 aromatic heterocycles. The molecule has 78 valence electrons. The van der Waals surface area contributed by atoms with Crippen molar-refractivity contribution in [3.8, 4) is 11.5 Å². The maximum atomic E-state index is 13.1. The second kappa shape index (κ2) is 3.62. The second-order valence-corrected chi connectivity index (χ2v) is 5.36. The van der Waals surface area contributed by atoms with Crippen molar-refractivity contribution in [1.82, 2.24) is 0 Å². The molecule has 0 aliphatic carbocycles. The van der Waals surface area contributed by atoms with Crippen LogP contribution < -0.4 is 0 Å². The van der Waals surface area contributed by atoms with Crippen LogP contribution >= 0.6 is 10.7 Å². The lowest BCUT2D eigenvalue weighted by Crippen LogP contribution is -1.99. The number of halogens is 2. The summed E-state index contributed by atoms with van der Waals surface area (Å²) < 4.78 is 34.3. The fourth-order valence-electron chi connectivity index (χ4n) is 0.908. The van der Waals surface area contributed by atoms with Crippen molar-refractivity contribution < 1.29 is 23.0 Å². The Morgan fingerprint density at radius 2 is 1.79 bits per heavy atom. The maximum absolute atomic E-state index is 13.1. The molecule has 0 heterocycles. The number of phenols is 2. The van der Waals surface area contributed by atoms with Gasteiger partial charge in [-0.1, -0.05) is 0 Å². The summed E-state index contributed by atoms with van der Waals surface area (Å²) in [5.41, 5.74) is -0.542. The topological polar surface area (TPSA) is 74.6 Å². The highest BCUT2D eigenvalue weighted by atomic mass is 35.7. The molecule has 2 N–H and O–H groups in total. The zero-order chi connectivity index (χ0) is 10.9. The largest absolute Gasteiger partial charge is 0.508 e. The van der Waals surface area contributed by atoms with E-state index in [1.54, 1.807) is 0 Å². The van der Waals surface area contributed by atoms with Gasteiger partial charge in [0.2, 0.25) is 9.05 Å². The van der Waals surface area contributed by atoms with Gasteiger partial charge in [0.05, 0.1) is 5.75 Å². The average molecular weight is 241 g/mol. The van der Waals surface area contributed by atoms with E-state index < -0.39 is 37.7 Å². The summed E-state index contributed by atoms with van der Waals surface area (Å²) in [4.78, 5) is 0. The molecule has 0 spiro atoms. The minimum atomic E-state index is -3.98. The van der Waals surface area contributed by atoms with E-state index in [9.17, 15) is 12.8 Å². The number of hydrogen-bond donors (Lipinski definition) is 2. The minimum Gasteiger partial charge on any atom is -0.508 e. The van der Waals surface area contributed by atoms with Crippen LogP contribution in [-0.4, -0.2) is 18.6 Å². The molecule has 14 heavy (non-hydrogen) atoms. The van der Waals surface area contributed by atoms with E-state index in [1.165, 1.54) is 0 Å². The van der Waals surface area contributed by atoms with Crippen molar-refractivity contribution in [2.75, 3.05) is 0 Å². The Balaban J connectivity index is 3.27. The van der Waals surface area contributed by atoms with E-state index >= 15 is 0 Å². The van der Waals surface area contributed by atoms with Gasteiger partial charge in [-0.05, 0) is 12.1 Å². The third kappa shape index (κ3) is 2.49. The smallest absolute Gasteiger partial charge is 0.237 e. The molecule has 7 heteroatoms. The third-order valence-corrected chi connectivity index (χ3v) is 2.48. The van der Waals surface area contributed by atoms with Gasteiger partial charge >= 0.3 is 0 Å². The number of rotatable bonds is 2. The predicted molar refractivity (Wildman–Crippen MR) is 48.2 cm³/mol. The molecular weight excluding hydrogens is 235 g/mol. The normalized spacial score (nSPS) is 11.6. The molecule has 1 aromatic carbocycles. The van der Waals surface area contributed by atoms with Crippen LogP contribution in [0.25, 0.3) is 0 Å². The lowest BCUT2D eigenvalue weighted by Gasteiger charge is -2.04. The van der Waals surface area contributed by atoms with Crippen molar-refractivity contribution >= 4 is 19.7 Å². The Bertz CT molecular complexity index is 457. The molecule has 0 fully saturated rings. The SMILES string of the molecule is O=S(=O)(Cl)Cc1c(O)ccc(O)c1F. The maximum Gasteiger partial charge on any atom is 0.237 e. The first-order chi connectivity index (χ1) is 6.31. The molecule has 1 aromatic rings. The zero-order valence-corrected chi connectivity index (χ0v) is 8.31. The van der Waals surface area contributed by atoms with E-state index in [0.29, 0.717) is 0 Å². The Morgan fingerprint density at radius 1 is 1.29 bits per heavy atom. The number of benzene rings is 1. The van der Waals surface area contributed by atoms with Gasteiger partial charge in [-0.25, -0.2) is 12.8 Å². The van der Waals surface area contributed by atoms with E-state index in [0.717, 1.165) is 12.1 Å². The fraction of sp³-hybridized carbons (Fsp3) is 0.143. The van der Waals surface area contributed by atoms with Gasteiger partial charge in [-0.2, -0.15) is 0 Å². The monoisotopic (exact) mass is 240 g/mol. The number of phenolic OH excluding ortho intramolecular Hbond substituents is 2. The van der Waals surface area contributed by atoms with E-state index in [4.69, 9.17) is 20.9 Å². The average Bonchev–Trinajstić information content (AvgIpc) is 2.04. The van der Waals surface area contributed by atoms with E-state index in [2.05, 4.69) is 0 Å². The van der Waals surface area contributed by atoms with Gasteiger partial charge in [-0.3, -0.25) is 0 Å². The quantitative estimate of drug-likeness (QED) is 0.604. The van der Waals surface area contributed by atoms with Crippen LogP contribution in [0.3, 0.4) is 0 Å². The Morgan fingerprint density at radius 3 is 2.29 bits per heavy atom. The standard InChI is InChI=1S/C7H6ClFO4S/c8-14(12,13)3-4-5(10)1-2-6(11)7(4)9/h1-2,10-11H,3H2. The van der Waals surface area contributed by atoms with Crippen molar-refractivity contribution in [3.63, 3.8) is 0 Å². The van der Waals surface area contributed by atoms with Gasteiger partial charge in [-0.15, -0.1) is 0 Å². The number of hydrogen-bond acceptors (Lipinski definition) is 4. The molecule has 0 saturated heterocycles. The van der Waals surface area contributed by atoms with Crippen LogP contribution in [0, 0.1) is 5.82 Å². The molecule has 0 saturated carbocycles. The molecule has 0 atom stereocenters. The lowest BCUT2D eigenvalue weighted by molar-refractivity contribution is 0.415. The van der Waals surface area contributed by atoms with Crippen molar-refractivity contribution in [3.05, 3.63) is 23.5 Å². The Labute approximate surface area is 84.0 Å². The summed E-state index contributed by atoms with van der Waals surface area (Å²) in [5, 5.41) is 18.0. The first kappa shape index (κ1) is 11.1. The summed E-state index contributed by atoms with van der Waals surface area (Å²) in [6, 6.07) is 1.89. The highest BCUT2D eigenvalue weighted by molar-refractivity contribution is 8.13. The highest BCUT2D eigenvalue weighted by Crippen LogP contribution is 2.29. The van der Waals surface area contributed by atoms with Crippen LogP contribution in [-0.2, 0) is 14.8 Å². The zero-order valence-electron chi connectivity index (χ0n) is 6.74. The molecule has 0 bridgehead atoms. The molecule has 0 radical (unpaired) electrons. The van der Waals surface area contributed by atoms with Crippen LogP contribution in [0.4, 0.5) is 4.39 Å². The van der Waals surface area contributed by atoms with Gasteiger partial charge in [0.1, 0.15) is 5.75 Å². The first-order valence-electron chi connectivity index (χ1n) is 3.43. The van der Waals surface area contributed by atoms with Crippen LogP contribution in [0.2, 0.25) is 0 Å². The molecule has 4 nitrogen and oxygen atoms in total.